The van der Waals surface area contributed by atoms with Crippen molar-refractivity contribution in [3.8, 4) is 10.7 Å². The zero-order valence-corrected chi connectivity index (χ0v) is 17.1. The van der Waals surface area contributed by atoms with E-state index in [0.29, 0.717) is 31.7 Å². The number of hydrogen-bond donors (Lipinski definition) is 0. The fraction of sp³-hybridized carbons (Fsp3) is 0.273. The van der Waals surface area contributed by atoms with Gasteiger partial charge in [-0.3, -0.25) is 14.6 Å². The maximum Gasteiger partial charge on any atom is 0.253 e. The molecule has 0 aliphatic carbocycles. The summed E-state index contributed by atoms with van der Waals surface area (Å²) in [5.74, 6) is 0.0712. The van der Waals surface area contributed by atoms with Gasteiger partial charge in [0.05, 0.1) is 17.8 Å². The van der Waals surface area contributed by atoms with Crippen LogP contribution in [0.3, 0.4) is 0 Å². The molecule has 4 rings (SSSR count). The summed E-state index contributed by atoms with van der Waals surface area (Å²) < 4.78 is 0. The van der Waals surface area contributed by atoms with E-state index in [-0.39, 0.29) is 18.2 Å². The number of rotatable bonds is 4. The third-order valence-corrected chi connectivity index (χ3v) is 5.90. The van der Waals surface area contributed by atoms with Crippen LogP contribution in [0.5, 0.6) is 0 Å². The maximum atomic E-state index is 12.7. The number of aromatic nitrogens is 2. The van der Waals surface area contributed by atoms with E-state index in [1.165, 1.54) is 11.3 Å². The van der Waals surface area contributed by atoms with Crippen molar-refractivity contribution in [2.24, 2.45) is 0 Å². The van der Waals surface area contributed by atoms with Crippen molar-refractivity contribution in [1.82, 2.24) is 19.8 Å². The number of carbonyl (C=O) groups excluding carboxylic acids is 2. The Morgan fingerprint density at radius 2 is 1.72 bits per heavy atom. The standard InChI is InChI=1S/C22H22N4O2S/c1-16-5-7-17(8-6-16)22(28)26-12-10-25(11-13-26)20(27)14-18-15-29-21(24-18)19-4-2-3-9-23-19/h2-9,15H,10-14H2,1H3. The first kappa shape index (κ1) is 19.3. The normalized spacial score (nSPS) is 14.1. The number of hydrogen-bond acceptors (Lipinski definition) is 5. The van der Waals surface area contributed by atoms with Gasteiger partial charge >= 0.3 is 0 Å². The lowest BCUT2D eigenvalue weighted by molar-refractivity contribution is -0.132. The van der Waals surface area contributed by atoms with Crippen LogP contribution < -0.4 is 0 Å². The minimum Gasteiger partial charge on any atom is -0.339 e. The fourth-order valence-electron chi connectivity index (χ4n) is 3.30. The molecule has 0 spiro atoms. The Balaban J connectivity index is 1.32. The highest BCUT2D eigenvalue weighted by Gasteiger charge is 2.25. The molecule has 1 aromatic carbocycles. The molecule has 1 saturated heterocycles. The highest BCUT2D eigenvalue weighted by molar-refractivity contribution is 7.13. The van der Waals surface area contributed by atoms with Gasteiger partial charge in [-0.05, 0) is 31.2 Å². The predicted octanol–water partition coefficient (Wildman–Crippen LogP) is 3.04. The molecule has 6 nitrogen and oxygen atoms in total. The summed E-state index contributed by atoms with van der Waals surface area (Å²) in [5, 5.41) is 2.74. The summed E-state index contributed by atoms with van der Waals surface area (Å²) in [6.45, 7) is 4.20. The Hall–Kier alpha value is -3.06. The second-order valence-electron chi connectivity index (χ2n) is 7.07. The molecule has 2 aromatic heterocycles. The lowest BCUT2D eigenvalue weighted by atomic mass is 10.1. The van der Waals surface area contributed by atoms with Crippen molar-refractivity contribution in [2.45, 2.75) is 13.3 Å². The lowest BCUT2D eigenvalue weighted by Crippen LogP contribution is -2.51. The minimum atomic E-state index is 0.0246. The summed E-state index contributed by atoms with van der Waals surface area (Å²) in [7, 11) is 0. The van der Waals surface area contributed by atoms with Crippen molar-refractivity contribution in [2.75, 3.05) is 26.2 Å². The van der Waals surface area contributed by atoms with Crippen LogP contribution in [-0.4, -0.2) is 57.8 Å². The Bertz CT molecular complexity index is 993. The molecule has 3 aromatic rings. The molecule has 1 fully saturated rings. The van der Waals surface area contributed by atoms with Gasteiger partial charge in [-0.25, -0.2) is 4.98 Å². The number of aryl methyl sites for hydroxylation is 1. The topological polar surface area (TPSA) is 66.4 Å². The lowest BCUT2D eigenvalue weighted by Gasteiger charge is -2.34. The van der Waals surface area contributed by atoms with Crippen molar-refractivity contribution in [3.05, 3.63) is 70.9 Å². The molecule has 1 aliphatic heterocycles. The van der Waals surface area contributed by atoms with E-state index in [2.05, 4.69) is 9.97 Å². The molecule has 2 amide bonds. The third-order valence-electron chi connectivity index (χ3n) is 4.99. The number of thiazole rings is 1. The van der Waals surface area contributed by atoms with E-state index in [4.69, 9.17) is 0 Å². The molecule has 0 N–H and O–H groups in total. The number of nitrogens with zero attached hydrogens (tertiary/aromatic N) is 4. The van der Waals surface area contributed by atoms with Gasteiger partial charge in [0.2, 0.25) is 5.91 Å². The highest BCUT2D eigenvalue weighted by atomic mass is 32.1. The smallest absolute Gasteiger partial charge is 0.253 e. The van der Waals surface area contributed by atoms with Crippen molar-refractivity contribution in [1.29, 1.82) is 0 Å². The Kier molecular flexibility index (Phi) is 5.67. The zero-order valence-electron chi connectivity index (χ0n) is 16.2. The Morgan fingerprint density at radius 1 is 1.00 bits per heavy atom. The van der Waals surface area contributed by atoms with E-state index in [1.54, 1.807) is 6.20 Å². The first-order chi connectivity index (χ1) is 14.1. The van der Waals surface area contributed by atoms with Crippen LogP contribution >= 0.6 is 11.3 Å². The molecule has 1 aliphatic rings. The second kappa shape index (κ2) is 8.53. The van der Waals surface area contributed by atoms with Gasteiger partial charge in [0.15, 0.2) is 0 Å². The number of benzene rings is 1. The monoisotopic (exact) mass is 406 g/mol. The van der Waals surface area contributed by atoms with Crippen LogP contribution in [0.2, 0.25) is 0 Å². The molecule has 7 heteroatoms. The molecule has 0 unspecified atom stereocenters. The van der Waals surface area contributed by atoms with Crippen LogP contribution in [-0.2, 0) is 11.2 Å². The first-order valence-electron chi connectivity index (χ1n) is 9.60. The van der Waals surface area contributed by atoms with Crippen molar-refractivity contribution in [3.63, 3.8) is 0 Å². The molecule has 0 radical (unpaired) electrons. The van der Waals surface area contributed by atoms with E-state index >= 15 is 0 Å². The van der Waals surface area contributed by atoms with E-state index in [0.717, 1.165) is 22.0 Å². The fourth-order valence-corrected chi connectivity index (χ4v) is 4.09. The summed E-state index contributed by atoms with van der Waals surface area (Å²) in [6, 6.07) is 13.3. The van der Waals surface area contributed by atoms with Crippen LogP contribution in [0, 0.1) is 6.92 Å². The van der Waals surface area contributed by atoms with Gasteiger partial charge < -0.3 is 9.80 Å². The van der Waals surface area contributed by atoms with Crippen LogP contribution in [0.15, 0.2) is 54.0 Å². The summed E-state index contributed by atoms with van der Waals surface area (Å²) in [4.78, 5) is 37.8. The van der Waals surface area contributed by atoms with Gasteiger partial charge in [0.25, 0.3) is 5.91 Å². The molecule has 29 heavy (non-hydrogen) atoms. The predicted molar refractivity (Wildman–Crippen MR) is 113 cm³/mol. The average molecular weight is 407 g/mol. The quantitative estimate of drug-likeness (QED) is 0.668. The maximum absolute atomic E-state index is 12.7. The van der Waals surface area contributed by atoms with Crippen LogP contribution in [0.25, 0.3) is 10.7 Å². The van der Waals surface area contributed by atoms with E-state index in [1.807, 2.05) is 64.6 Å². The minimum absolute atomic E-state index is 0.0246. The van der Waals surface area contributed by atoms with Gasteiger partial charge in [-0.1, -0.05) is 23.8 Å². The Labute approximate surface area is 173 Å². The van der Waals surface area contributed by atoms with Gasteiger partial charge in [0, 0.05) is 43.3 Å². The van der Waals surface area contributed by atoms with E-state index < -0.39 is 0 Å². The molecular weight excluding hydrogens is 384 g/mol. The zero-order chi connectivity index (χ0) is 20.2. The Morgan fingerprint density at radius 3 is 2.41 bits per heavy atom. The first-order valence-corrected chi connectivity index (χ1v) is 10.5. The van der Waals surface area contributed by atoms with Gasteiger partial charge in [-0.2, -0.15) is 0 Å². The third kappa shape index (κ3) is 4.51. The SMILES string of the molecule is Cc1ccc(C(=O)N2CCN(C(=O)Cc3csc(-c4ccccn4)n3)CC2)cc1. The van der Waals surface area contributed by atoms with Crippen molar-refractivity contribution >= 4 is 23.2 Å². The van der Waals surface area contributed by atoms with Crippen molar-refractivity contribution < 1.29 is 9.59 Å². The van der Waals surface area contributed by atoms with Gasteiger partial charge in [-0.15, -0.1) is 11.3 Å². The molecular formula is C22H22N4O2S. The number of carbonyl (C=O) groups is 2. The number of pyridine rings is 1. The molecule has 0 saturated carbocycles. The van der Waals surface area contributed by atoms with E-state index in [9.17, 15) is 9.59 Å². The van der Waals surface area contributed by atoms with Gasteiger partial charge in [0.1, 0.15) is 5.01 Å². The molecule has 0 atom stereocenters. The summed E-state index contributed by atoms with van der Waals surface area (Å²) in [5.41, 5.74) is 3.41. The highest BCUT2D eigenvalue weighted by Crippen LogP contribution is 2.22. The van der Waals surface area contributed by atoms with Crippen LogP contribution in [0.4, 0.5) is 0 Å². The second-order valence-corrected chi connectivity index (χ2v) is 7.93. The van der Waals surface area contributed by atoms with Crippen LogP contribution in [0.1, 0.15) is 21.6 Å². The largest absolute Gasteiger partial charge is 0.339 e. The number of amides is 2. The molecule has 0 bridgehead atoms. The summed E-state index contributed by atoms with van der Waals surface area (Å²) >= 11 is 1.50. The molecule has 3 heterocycles. The molecule has 148 valence electrons. The summed E-state index contributed by atoms with van der Waals surface area (Å²) in [6.07, 6.45) is 2.01. The average Bonchev–Trinajstić information content (AvgIpc) is 3.23. The number of piperazine rings is 1.